The van der Waals surface area contributed by atoms with Crippen LogP contribution in [-0.4, -0.2) is 53.8 Å². The van der Waals surface area contributed by atoms with Crippen LogP contribution in [0.2, 0.25) is 0 Å². The number of rotatable bonds is 6. The number of aliphatic hydroxyl groups excluding tert-OH is 2. The molecule has 0 fully saturated rings. The average molecular weight is 232 g/mol. The maximum absolute atomic E-state index is 9.58. The first-order valence-corrected chi connectivity index (χ1v) is 3.59. The SMILES string of the molecule is O=C(O)CNCO.O=C([O-])CNCO.[Na+]. The van der Waals surface area contributed by atoms with Gasteiger partial charge in [0.2, 0.25) is 0 Å². The molecule has 0 aromatic carbocycles. The minimum atomic E-state index is -1.21. The minimum Gasteiger partial charge on any atom is -0.549 e. The van der Waals surface area contributed by atoms with Gasteiger partial charge >= 0.3 is 35.5 Å². The number of carbonyl (C=O) groups is 2. The zero-order valence-electron chi connectivity index (χ0n) is 8.39. The fraction of sp³-hybridized carbons (Fsp3) is 0.667. The molecule has 5 N–H and O–H groups in total. The van der Waals surface area contributed by atoms with Gasteiger partial charge in [-0.2, -0.15) is 0 Å². The van der Waals surface area contributed by atoms with Crippen molar-refractivity contribution in [3.8, 4) is 0 Å². The number of hydrogen-bond donors (Lipinski definition) is 5. The average Bonchev–Trinajstić information content (AvgIpc) is 2.12. The second kappa shape index (κ2) is 16.2. The van der Waals surface area contributed by atoms with Gasteiger partial charge in [-0.25, -0.2) is 0 Å². The van der Waals surface area contributed by atoms with E-state index >= 15 is 0 Å². The van der Waals surface area contributed by atoms with E-state index in [1.807, 2.05) is 0 Å². The van der Waals surface area contributed by atoms with Crippen molar-refractivity contribution >= 4 is 11.9 Å². The molecule has 0 heterocycles. The number of carbonyl (C=O) groups excluding carboxylic acids is 1. The topological polar surface area (TPSA) is 142 Å². The molecule has 0 aliphatic rings. The number of aliphatic carboxylic acids is 2. The van der Waals surface area contributed by atoms with Crippen LogP contribution < -0.4 is 45.3 Å². The fourth-order valence-corrected chi connectivity index (χ4v) is 0.321. The normalized spacial score (nSPS) is 8.13. The van der Waals surface area contributed by atoms with Gasteiger partial charge in [0.1, 0.15) is 0 Å². The van der Waals surface area contributed by atoms with E-state index in [2.05, 4.69) is 10.6 Å². The molecule has 0 aliphatic heterocycles. The summed E-state index contributed by atoms with van der Waals surface area (Å²) in [6.45, 7) is -1.09. The van der Waals surface area contributed by atoms with E-state index in [1.165, 1.54) is 0 Å². The van der Waals surface area contributed by atoms with Gasteiger partial charge in [-0.05, 0) is 0 Å². The molecule has 8 nitrogen and oxygen atoms in total. The molecule has 15 heavy (non-hydrogen) atoms. The van der Waals surface area contributed by atoms with Gasteiger partial charge in [0, 0.05) is 6.54 Å². The first-order valence-electron chi connectivity index (χ1n) is 3.59. The van der Waals surface area contributed by atoms with Crippen LogP contribution >= 0.6 is 0 Å². The molecule has 84 valence electrons. The molecule has 0 aliphatic carbocycles. The Labute approximate surface area is 109 Å². The Balaban J connectivity index is -0.000000180. The summed E-state index contributed by atoms with van der Waals surface area (Å²) in [4.78, 5) is 19.1. The van der Waals surface area contributed by atoms with Crippen LogP contribution in [0.1, 0.15) is 0 Å². The standard InChI is InChI=1S/2C3H7NO3.Na/c2*5-2-4-1-3(6)7;/h2*4-5H,1-2H2,(H,6,7);/q;;+1/p-1. The van der Waals surface area contributed by atoms with Gasteiger partial charge in [-0.15, -0.1) is 0 Å². The van der Waals surface area contributed by atoms with Gasteiger partial charge in [-0.3, -0.25) is 15.4 Å². The summed E-state index contributed by atoms with van der Waals surface area (Å²) < 4.78 is 0. The van der Waals surface area contributed by atoms with Crippen LogP contribution in [0.4, 0.5) is 0 Å². The second-order valence-corrected chi connectivity index (χ2v) is 1.94. The van der Waals surface area contributed by atoms with Crippen molar-refractivity contribution in [2.75, 3.05) is 26.6 Å². The quantitative estimate of drug-likeness (QED) is 0.224. The summed E-state index contributed by atoms with van der Waals surface area (Å²) in [6.07, 6.45) is 0. The van der Waals surface area contributed by atoms with Crippen LogP contribution in [0.3, 0.4) is 0 Å². The second-order valence-electron chi connectivity index (χ2n) is 1.94. The Bertz CT molecular complexity index is 150. The van der Waals surface area contributed by atoms with E-state index in [9.17, 15) is 14.7 Å². The fourth-order valence-electron chi connectivity index (χ4n) is 0.321. The summed E-state index contributed by atoms with van der Waals surface area (Å²) in [6, 6.07) is 0. The molecule has 9 heteroatoms. The van der Waals surface area contributed by atoms with Crippen LogP contribution in [0.5, 0.6) is 0 Å². The zero-order chi connectivity index (χ0) is 11.4. The molecule has 0 rings (SSSR count). The van der Waals surface area contributed by atoms with Crippen LogP contribution in [0.25, 0.3) is 0 Å². The third kappa shape index (κ3) is 31.6. The Morgan fingerprint density at radius 2 is 1.47 bits per heavy atom. The molecule has 0 spiro atoms. The van der Waals surface area contributed by atoms with E-state index in [0.29, 0.717) is 0 Å². The number of hydrogen-bond acceptors (Lipinski definition) is 7. The van der Waals surface area contributed by atoms with Gasteiger partial charge in [0.05, 0.1) is 26.0 Å². The summed E-state index contributed by atoms with van der Waals surface area (Å²) in [5.74, 6) is -2.18. The molecular weight excluding hydrogens is 219 g/mol. The molecule has 0 atom stereocenters. The monoisotopic (exact) mass is 232 g/mol. The van der Waals surface area contributed by atoms with Crippen LogP contribution in [0.15, 0.2) is 0 Å². The summed E-state index contributed by atoms with van der Waals surface area (Å²) in [7, 11) is 0. The predicted octanol–water partition coefficient (Wildman–Crippen LogP) is -7.11. The van der Waals surface area contributed by atoms with Gasteiger partial charge in [-0.1, -0.05) is 0 Å². The van der Waals surface area contributed by atoms with Crippen molar-refractivity contribution in [1.29, 1.82) is 0 Å². The minimum absolute atomic E-state index is 0. The van der Waals surface area contributed by atoms with Crippen molar-refractivity contribution in [2.24, 2.45) is 0 Å². The molecule has 0 amide bonds. The molecular formula is C6H13N2NaO6. The van der Waals surface area contributed by atoms with Crippen molar-refractivity contribution in [3.63, 3.8) is 0 Å². The zero-order valence-corrected chi connectivity index (χ0v) is 10.4. The number of carboxylic acids is 2. The molecule has 0 aromatic heterocycles. The van der Waals surface area contributed by atoms with Gasteiger partial charge in [0.25, 0.3) is 0 Å². The van der Waals surface area contributed by atoms with Crippen molar-refractivity contribution < 1.29 is 59.6 Å². The number of nitrogens with one attached hydrogen (secondary N) is 2. The van der Waals surface area contributed by atoms with Crippen molar-refractivity contribution in [3.05, 3.63) is 0 Å². The smallest absolute Gasteiger partial charge is 0.549 e. The largest absolute Gasteiger partial charge is 1.00 e. The van der Waals surface area contributed by atoms with Crippen molar-refractivity contribution in [1.82, 2.24) is 10.6 Å². The van der Waals surface area contributed by atoms with E-state index in [1.54, 1.807) is 0 Å². The molecule has 0 aromatic rings. The Morgan fingerprint density at radius 3 is 1.60 bits per heavy atom. The molecule has 0 bridgehead atoms. The number of aliphatic hydroxyl groups is 2. The Kier molecular flexibility index (Phi) is 21.9. The van der Waals surface area contributed by atoms with E-state index in [-0.39, 0.29) is 56.1 Å². The summed E-state index contributed by atoms with van der Waals surface area (Å²) in [5.41, 5.74) is 0. The van der Waals surface area contributed by atoms with Crippen LogP contribution in [-0.2, 0) is 9.59 Å². The van der Waals surface area contributed by atoms with E-state index in [4.69, 9.17) is 15.3 Å². The van der Waals surface area contributed by atoms with Gasteiger partial charge < -0.3 is 25.2 Å². The third-order valence-electron chi connectivity index (χ3n) is 0.769. The Hall–Kier alpha value is -0.220. The van der Waals surface area contributed by atoms with Crippen molar-refractivity contribution in [2.45, 2.75) is 0 Å². The Morgan fingerprint density at radius 1 is 1.07 bits per heavy atom. The maximum Gasteiger partial charge on any atom is 1.00 e. The molecule has 0 saturated carbocycles. The van der Waals surface area contributed by atoms with Crippen LogP contribution in [0, 0.1) is 0 Å². The van der Waals surface area contributed by atoms with E-state index < -0.39 is 11.9 Å². The third-order valence-corrected chi connectivity index (χ3v) is 0.769. The molecule has 0 saturated heterocycles. The summed E-state index contributed by atoms with van der Waals surface area (Å²) >= 11 is 0. The number of carboxylic acid groups (broad SMARTS) is 2. The van der Waals surface area contributed by atoms with E-state index in [0.717, 1.165) is 0 Å². The molecule has 0 radical (unpaired) electrons. The maximum atomic E-state index is 9.58. The predicted molar refractivity (Wildman–Crippen MR) is 42.8 cm³/mol. The van der Waals surface area contributed by atoms with Gasteiger partial charge in [0.15, 0.2) is 0 Å². The summed E-state index contributed by atoms with van der Waals surface area (Å²) in [5, 5.41) is 37.5. The molecule has 0 unspecified atom stereocenters. The first kappa shape index (κ1) is 20.2. The first-order chi connectivity index (χ1) is 6.54.